The van der Waals surface area contributed by atoms with E-state index in [1.165, 1.54) is 18.7 Å². The molecule has 4 rings (SSSR count). The largest absolute Gasteiger partial charge is 0.381 e. The van der Waals surface area contributed by atoms with Crippen molar-refractivity contribution in [2.24, 2.45) is 0 Å². The van der Waals surface area contributed by atoms with Gasteiger partial charge in [0.25, 0.3) is 0 Å². The molecule has 0 spiro atoms. The van der Waals surface area contributed by atoms with Crippen LogP contribution in [0.5, 0.6) is 0 Å². The van der Waals surface area contributed by atoms with Crippen LogP contribution in [0.2, 0.25) is 0 Å². The molecule has 5 nitrogen and oxygen atoms in total. The molecule has 20 heavy (non-hydrogen) atoms. The Hall–Kier alpha value is -1.46. The van der Waals surface area contributed by atoms with Crippen LogP contribution in [0.25, 0.3) is 11.2 Å². The highest BCUT2D eigenvalue weighted by molar-refractivity contribution is 5.71. The molecule has 1 N–H and O–H groups in total. The summed E-state index contributed by atoms with van der Waals surface area (Å²) in [7, 11) is 0. The van der Waals surface area contributed by atoms with Gasteiger partial charge in [0.2, 0.25) is 0 Å². The fourth-order valence-corrected chi connectivity index (χ4v) is 3.40. The Morgan fingerprint density at radius 3 is 2.95 bits per heavy atom. The quantitative estimate of drug-likeness (QED) is 0.910. The van der Waals surface area contributed by atoms with E-state index in [0.717, 1.165) is 43.8 Å². The van der Waals surface area contributed by atoms with Gasteiger partial charge in [0, 0.05) is 25.5 Å². The van der Waals surface area contributed by atoms with Gasteiger partial charge in [0.1, 0.15) is 11.3 Å². The molecule has 2 aromatic rings. The number of imidazole rings is 1. The predicted molar refractivity (Wildman–Crippen MR) is 76.6 cm³/mol. The van der Waals surface area contributed by atoms with Gasteiger partial charge in [0.05, 0.1) is 6.04 Å². The highest BCUT2D eigenvalue weighted by atomic mass is 16.5. The fourth-order valence-electron chi connectivity index (χ4n) is 3.40. The van der Waals surface area contributed by atoms with Crippen LogP contribution in [-0.2, 0) is 4.74 Å². The van der Waals surface area contributed by atoms with E-state index < -0.39 is 0 Å². The summed E-state index contributed by atoms with van der Waals surface area (Å²) in [6.07, 6.45) is 6.39. The second kappa shape index (κ2) is 5.14. The van der Waals surface area contributed by atoms with E-state index in [9.17, 15) is 0 Å². The van der Waals surface area contributed by atoms with Gasteiger partial charge < -0.3 is 14.6 Å². The zero-order chi connectivity index (χ0) is 13.4. The first-order valence-electron chi connectivity index (χ1n) is 7.57. The lowest BCUT2D eigenvalue weighted by Crippen LogP contribution is -2.25. The van der Waals surface area contributed by atoms with E-state index >= 15 is 0 Å². The number of nitrogens with zero attached hydrogens (tertiary/aromatic N) is 3. The van der Waals surface area contributed by atoms with Crippen LogP contribution in [0.15, 0.2) is 18.3 Å². The Bertz CT molecular complexity index is 597. The molecule has 0 bridgehead atoms. The minimum atomic E-state index is 0.382. The lowest BCUT2D eigenvalue weighted by Gasteiger charge is -2.26. The predicted octanol–water partition coefficient (Wildman–Crippen LogP) is 2.21. The van der Waals surface area contributed by atoms with Crippen LogP contribution >= 0.6 is 0 Å². The molecule has 0 aromatic carbocycles. The van der Waals surface area contributed by atoms with Gasteiger partial charge in [-0.1, -0.05) is 0 Å². The molecule has 2 aliphatic heterocycles. The van der Waals surface area contributed by atoms with Crippen LogP contribution in [0.3, 0.4) is 0 Å². The number of hydrogen-bond acceptors (Lipinski definition) is 4. The van der Waals surface area contributed by atoms with Crippen molar-refractivity contribution in [2.75, 3.05) is 19.8 Å². The van der Waals surface area contributed by atoms with Crippen molar-refractivity contribution >= 4 is 11.2 Å². The SMILES string of the molecule is c1cnc2c(c1)nc(C1CCCN1)n2C1CCOCC1. The highest BCUT2D eigenvalue weighted by Gasteiger charge is 2.28. The third kappa shape index (κ3) is 2.01. The third-order valence-corrected chi connectivity index (χ3v) is 4.40. The summed E-state index contributed by atoms with van der Waals surface area (Å²) in [5.74, 6) is 1.17. The van der Waals surface area contributed by atoms with Crippen molar-refractivity contribution < 1.29 is 4.74 Å². The van der Waals surface area contributed by atoms with Crippen molar-refractivity contribution in [1.29, 1.82) is 0 Å². The number of rotatable bonds is 2. The molecule has 0 amide bonds. The van der Waals surface area contributed by atoms with Crippen LogP contribution in [0.4, 0.5) is 0 Å². The lowest BCUT2D eigenvalue weighted by molar-refractivity contribution is 0.0693. The Kier molecular flexibility index (Phi) is 3.16. The van der Waals surface area contributed by atoms with E-state index in [1.54, 1.807) is 0 Å². The molecule has 2 aliphatic rings. The Morgan fingerprint density at radius 1 is 1.25 bits per heavy atom. The van der Waals surface area contributed by atoms with Crippen molar-refractivity contribution in [3.05, 3.63) is 24.2 Å². The fraction of sp³-hybridized carbons (Fsp3) is 0.600. The van der Waals surface area contributed by atoms with E-state index in [4.69, 9.17) is 9.72 Å². The minimum absolute atomic E-state index is 0.382. The number of nitrogens with one attached hydrogen (secondary N) is 1. The molecule has 5 heteroatoms. The topological polar surface area (TPSA) is 52.0 Å². The Labute approximate surface area is 118 Å². The van der Waals surface area contributed by atoms with E-state index in [0.29, 0.717) is 12.1 Å². The van der Waals surface area contributed by atoms with Crippen LogP contribution < -0.4 is 5.32 Å². The number of fused-ring (bicyclic) bond motifs is 1. The highest BCUT2D eigenvalue weighted by Crippen LogP contribution is 2.32. The molecule has 2 saturated heterocycles. The number of aromatic nitrogens is 3. The summed E-state index contributed by atoms with van der Waals surface area (Å²) in [5, 5.41) is 3.57. The van der Waals surface area contributed by atoms with Crippen molar-refractivity contribution in [1.82, 2.24) is 19.9 Å². The standard InChI is InChI=1S/C15H20N4O/c1-3-12(16-7-1)15-18-13-4-2-8-17-14(13)19(15)11-5-9-20-10-6-11/h2,4,8,11-12,16H,1,3,5-7,9-10H2. The molecule has 0 aliphatic carbocycles. The van der Waals surface area contributed by atoms with Crippen LogP contribution in [0.1, 0.15) is 43.6 Å². The molecular weight excluding hydrogens is 252 g/mol. The number of ether oxygens (including phenoxy) is 1. The van der Waals surface area contributed by atoms with Crippen molar-refractivity contribution in [3.8, 4) is 0 Å². The average Bonchev–Trinajstić information content (AvgIpc) is 3.15. The maximum Gasteiger partial charge on any atom is 0.160 e. The summed E-state index contributed by atoms with van der Waals surface area (Å²) < 4.78 is 7.88. The zero-order valence-corrected chi connectivity index (χ0v) is 11.6. The van der Waals surface area contributed by atoms with Gasteiger partial charge in [-0.3, -0.25) is 0 Å². The summed E-state index contributed by atoms with van der Waals surface area (Å²) in [5.41, 5.74) is 2.05. The van der Waals surface area contributed by atoms with Gasteiger partial charge in [-0.05, 0) is 44.4 Å². The molecule has 4 heterocycles. The molecule has 1 unspecified atom stereocenters. The molecular formula is C15H20N4O. The Morgan fingerprint density at radius 2 is 2.15 bits per heavy atom. The minimum Gasteiger partial charge on any atom is -0.381 e. The summed E-state index contributed by atoms with van der Waals surface area (Å²) in [4.78, 5) is 9.45. The van der Waals surface area contributed by atoms with Gasteiger partial charge in [-0.15, -0.1) is 0 Å². The molecule has 2 fully saturated rings. The second-order valence-electron chi connectivity index (χ2n) is 5.68. The first kappa shape index (κ1) is 12.3. The molecule has 0 radical (unpaired) electrons. The smallest absolute Gasteiger partial charge is 0.160 e. The third-order valence-electron chi connectivity index (χ3n) is 4.40. The molecule has 1 atom stereocenters. The average molecular weight is 272 g/mol. The summed E-state index contributed by atoms with van der Waals surface area (Å²) in [6, 6.07) is 4.89. The Balaban J connectivity index is 1.83. The van der Waals surface area contributed by atoms with Gasteiger partial charge in [-0.2, -0.15) is 0 Å². The van der Waals surface area contributed by atoms with Gasteiger partial charge in [0.15, 0.2) is 5.65 Å². The monoisotopic (exact) mass is 272 g/mol. The van der Waals surface area contributed by atoms with Gasteiger partial charge in [-0.25, -0.2) is 9.97 Å². The van der Waals surface area contributed by atoms with E-state index in [1.807, 2.05) is 12.3 Å². The molecule has 0 saturated carbocycles. The van der Waals surface area contributed by atoms with E-state index in [-0.39, 0.29) is 0 Å². The first-order valence-corrected chi connectivity index (χ1v) is 7.57. The van der Waals surface area contributed by atoms with Crippen molar-refractivity contribution in [3.63, 3.8) is 0 Å². The van der Waals surface area contributed by atoms with Crippen LogP contribution in [-0.4, -0.2) is 34.3 Å². The van der Waals surface area contributed by atoms with Crippen LogP contribution in [0, 0.1) is 0 Å². The summed E-state index contributed by atoms with van der Waals surface area (Å²) in [6.45, 7) is 2.78. The van der Waals surface area contributed by atoms with Gasteiger partial charge >= 0.3 is 0 Å². The zero-order valence-electron chi connectivity index (χ0n) is 11.6. The summed E-state index contributed by atoms with van der Waals surface area (Å²) >= 11 is 0. The lowest BCUT2D eigenvalue weighted by atomic mass is 10.1. The second-order valence-corrected chi connectivity index (χ2v) is 5.68. The number of pyridine rings is 1. The first-order chi connectivity index (χ1) is 9.93. The maximum atomic E-state index is 5.51. The number of hydrogen-bond donors (Lipinski definition) is 1. The normalized spacial score (nSPS) is 24.5. The van der Waals surface area contributed by atoms with Crippen molar-refractivity contribution in [2.45, 2.75) is 37.8 Å². The molecule has 2 aromatic heterocycles. The molecule has 106 valence electrons. The van der Waals surface area contributed by atoms with E-state index in [2.05, 4.69) is 20.9 Å². The maximum absolute atomic E-state index is 5.51.